The average molecular weight is 313 g/mol. The second-order valence-corrected chi connectivity index (χ2v) is 5.90. The van der Waals surface area contributed by atoms with Crippen molar-refractivity contribution >= 4 is 33.0 Å². The molecule has 0 atom stereocenters. The van der Waals surface area contributed by atoms with Crippen LogP contribution in [0.15, 0.2) is 53.4 Å². The van der Waals surface area contributed by atoms with E-state index in [0.717, 1.165) is 0 Å². The summed E-state index contributed by atoms with van der Waals surface area (Å²) in [5.41, 5.74) is 0.0983. The van der Waals surface area contributed by atoms with Gasteiger partial charge in [-0.1, -0.05) is 23.7 Å². The number of hydrogen-bond acceptors (Lipinski definition) is 4. The topological polar surface area (TPSA) is 89.3 Å². The Morgan fingerprint density at radius 2 is 1.65 bits per heavy atom. The van der Waals surface area contributed by atoms with Gasteiger partial charge in [0.15, 0.2) is 0 Å². The lowest BCUT2D eigenvalue weighted by Crippen LogP contribution is -2.13. The standard InChI is InChI=1S/C12H9ClN2O4S/c13-11-3-1-2-4-12(11)20(18,19)14-9-5-7-10(8-6-9)15(16)17/h1-8,14H. The maximum atomic E-state index is 12.1. The quantitative estimate of drug-likeness (QED) is 0.694. The lowest BCUT2D eigenvalue weighted by Gasteiger charge is -2.09. The highest BCUT2D eigenvalue weighted by Crippen LogP contribution is 2.24. The van der Waals surface area contributed by atoms with E-state index in [2.05, 4.69) is 4.72 Å². The third kappa shape index (κ3) is 3.06. The number of nitro benzene ring substituents is 1. The molecular weight excluding hydrogens is 304 g/mol. The van der Waals surface area contributed by atoms with Crippen molar-refractivity contribution in [3.63, 3.8) is 0 Å². The summed E-state index contributed by atoms with van der Waals surface area (Å²) in [6.07, 6.45) is 0. The highest BCUT2D eigenvalue weighted by atomic mass is 35.5. The average Bonchev–Trinajstić information content (AvgIpc) is 2.39. The molecule has 0 aromatic heterocycles. The fraction of sp³-hybridized carbons (Fsp3) is 0. The fourth-order valence-electron chi connectivity index (χ4n) is 1.52. The van der Waals surface area contributed by atoms with E-state index in [1.807, 2.05) is 0 Å². The maximum Gasteiger partial charge on any atom is 0.269 e. The van der Waals surface area contributed by atoms with E-state index in [4.69, 9.17) is 11.6 Å². The van der Waals surface area contributed by atoms with Crippen LogP contribution in [0.4, 0.5) is 11.4 Å². The molecule has 0 fully saturated rings. The van der Waals surface area contributed by atoms with Gasteiger partial charge in [-0.05, 0) is 24.3 Å². The third-order valence-electron chi connectivity index (χ3n) is 2.46. The van der Waals surface area contributed by atoms with Crippen LogP contribution in [0.3, 0.4) is 0 Å². The fourth-order valence-corrected chi connectivity index (χ4v) is 3.10. The van der Waals surface area contributed by atoms with E-state index in [0.29, 0.717) is 0 Å². The highest BCUT2D eigenvalue weighted by Gasteiger charge is 2.17. The first-order chi connectivity index (χ1) is 9.40. The molecule has 6 nitrogen and oxygen atoms in total. The number of rotatable bonds is 4. The Hall–Kier alpha value is -2.12. The van der Waals surface area contributed by atoms with Crippen LogP contribution in [0, 0.1) is 10.1 Å². The Bertz CT molecular complexity index is 744. The summed E-state index contributed by atoms with van der Waals surface area (Å²) >= 11 is 5.83. The van der Waals surface area contributed by atoms with E-state index in [1.165, 1.54) is 36.4 Å². The summed E-state index contributed by atoms with van der Waals surface area (Å²) in [4.78, 5) is 9.89. The molecule has 2 aromatic rings. The van der Waals surface area contributed by atoms with Crippen LogP contribution >= 0.6 is 11.6 Å². The molecule has 0 aliphatic heterocycles. The molecule has 0 saturated carbocycles. The zero-order chi connectivity index (χ0) is 14.8. The Labute approximate surface area is 120 Å². The predicted octanol–water partition coefficient (Wildman–Crippen LogP) is 3.05. The van der Waals surface area contributed by atoms with Crippen LogP contribution in [-0.2, 0) is 10.0 Å². The molecular formula is C12H9ClN2O4S. The van der Waals surface area contributed by atoms with Gasteiger partial charge in [-0.3, -0.25) is 14.8 Å². The number of hydrogen-bond donors (Lipinski definition) is 1. The van der Waals surface area contributed by atoms with Gasteiger partial charge in [0.25, 0.3) is 15.7 Å². The first kappa shape index (κ1) is 14.3. The van der Waals surface area contributed by atoms with Gasteiger partial charge in [-0.2, -0.15) is 0 Å². The molecule has 2 aromatic carbocycles. The molecule has 0 saturated heterocycles. The number of nitrogens with one attached hydrogen (secondary N) is 1. The molecule has 104 valence electrons. The molecule has 0 heterocycles. The Kier molecular flexibility index (Phi) is 3.91. The number of nitro groups is 1. The zero-order valence-electron chi connectivity index (χ0n) is 9.99. The van der Waals surface area contributed by atoms with E-state index < -0.39 is 14.9 Å². The largest absolute Gasteiger partial charge is 0.280 e. The van der Waals surface area contributed by atoms with Crippen LogP contribution in [0.1, 0.15) is 0 Å². The summed E-state index contributed by atoms with van der Waals surface area (Å²) in [7, 11) is -3.83. The summed E-state index contributed by atoms with van der Waals surface area (Å²) in [5.74, 6) is 0. The molecule has 2 rings (SSSR count). The SMILES string of the molecule is O=[N+]([O-])c1ccc(NS(=O)(=O)c2ccccc2Cl)cc1. The molecule has 8 heteroatoms. The van der Waals surface area contributed by atoms with Crippen molar-refractivity contribution in [3.8, 4) is 0 Å². The molecule has 0 unspecified atom stereocenters. The smallest absolute Gasteiger partial charge is 0.269 e. The van der Waals surface area contributed by atoms with Crippen molar-refractivity contribution in [1.29, 1.82) is 0 Å². The van der Waals surface area contributed by atoms with E-state index in [1.54, 1.807) is 12.1 Å². The predicted molar refractivity (Wildman–Crippen MR) is 75.4 cm³/mol. The van der Waals surface area contributed by atoms with Gasteiger partial charge in [0.2, 0.25) is 0 Å². The monoisotopic (exact) mass is 312 g/mol. The minimum absolute atomic E-state index is 0.0555. The van der Waals surface area contributed by atoms with Crippen LogP contribution in [0.25, 0.3) is 0 Å². The normalized spacial score (nSPS) is 11.1. The van der Waals surface area contributed by atoms with Gasteiger partial charge in [0, 0.05) is 17.8 Å². The summed E-state index contributed by atoms with van der Waals surface area (Å²) in [6.45, 7) is 0. The maximum absolute atomic E-state index is 12.1. The minimum Gasteiger partial charge on any atom is -0.280 e. The third-order valence-corrected chi connectivity index (χ3v) is 4.34. The van der Waals surface area contributed by atoms with Crippen LogP contribution < -0.4 is 4.72 Å². The van der Waals surface area contributed by atoms with Crippen molar-refractivity contribution < 1.29 is 13.3 Å². The molecule has 0 radical (unpaired) electrons. The van der Waals surface area contributed by atoms with Crippen LogP contribution in [0.5, 0.6) is 0 Å². The van der Waals surface area contributed by atoms with Gasteiger partial charge in [-0.15, -0.1) is 0 Å². The molecule has 0 aliphatic carbocycles. The Morgan fingerprint density at radius 1 is 1.05 bits per heavy atom. The van der Waals surface area contributed by atoms with E-state index in [-0.39, 0.29) is 21.3 Å². The van der Waals surface area contributed by atoms with Gasteiger partial charge in [-0.25, -0.2) is 8.42 Å². The molecule has 1 N–H and O–H groups in total. The number of nitrogens with zero attached hydrogens (tertiary/aromatic N) is 1. The first-order valence-electron chi connectivity index (χ1n) is 5.42. The second kappa shape index (κ2) is 5.48. The number of anilines is 1. The van der Waals surface area contributed by atoms with Crippen molar-refractivity contribution in [1.82, 2.24) is 0 Å². The van der Waals surface area contributed by atoms with Crippen molar-refractivity contribution in [2.24, 2.45) is 0 Å². The van der Waals surface area contributed by atoms with Gasteiger partial charge >= 0.3 is 0 Å². The number of sulfonamides is 1. The van der Waals surface area contributed by atoms with Gasteiger partial charge in [0.1, 0.15) is 4.90 Å². The summed E-state index contributed by atoms with van der Waals surface area (Å²) in [5, 5.41) is 10.6. The number of non-ortho nitro benzene ring substituents is 1. The molecule has 0 aliphatic rings. The van der Waals surface area contributed by atoms with Crippen molar-refractivity contribution in [3.05, 3.63) is 63.7 Å². The highest BCUT2D eigenvalue weighted by molar-refractivity contribution is 7.92. The second-order valence-electron chi connectivity index (χ2n) is 3.84. The molecule has 0 amide bonds. The van der Waals surface area contributed by atoms with Crippen LogP contribution in [0.2, 0.25) is 5.02 Å². The number of benzene rings is 2. The first-order valence-corrected chi connectivity index (χ1v) is 7.28. The molecule has 20 heavy (non-hydrogen) atoms. The molecule has 0 bridgehead atoms. The van der Waals surface area contributed by atoms with Crippen LogP contribution in [-0.4, -0.2) is 13.3 Å². The lowest BCUT2D eigenvalue weighted by atomic mass is 10.3. The summed E-state index contributed by atoms with van der Waals surface area (Å²) < 4.78 is 26.5. The van der Waals surface area contributed by atoms with Crippen molar-refractivity contribution in [2.75, 3.05) is 4.72 Å². The van der Waals surface area contributed by atoms with Crippen molar-refractivity contribution in [2.45, 2.75) is 4.90 Å². The minimum atomic E-state index is -3.83. The Balaban J connectivity index is 2.29. The molecule has 0 spiro atoms. The Morgan fingerprint density at radius 3 is 2.20 bits per heavy atom. The van der Waals surface area contributed by atoms with Gasteiger partial charge in [0.05, 0.1) is 9.95 Å². The van der Waals surface area contributed by atoms with Gasteiger partial charge < -0.3 is 0 Å². The lowest BCUT2D eigenvalue weighted by molar-refractivity contribution is -0.384. The zero-order valence-corrected chi connectivity index (χ0v) is 11.6. The van der Waals surface area contributed by atoms with E-state index >= 15 is 0 Å². The summed E-state index contributed by atoms with van der Waals surface area (Å²) in [6, 6.07) is 11.1. The number of halogens is 1. The van der Waals surface area contributed by atoms with E-state index in [9.17, 15) is 18.5 Å².